The molecule has 0 saturated heterocycles. The van der Waals surface area contributed by atoms with Crippen molar-refractivity contribution in [2.45, 2.75) is 52.4 Å². The van der Waals surface area contributed by atoms with Crippen LogP contribution in [0.25, 0.3) is 0 Å². The summed E-state index contributed by atoms with van der Waals surface area (Å²) >= 11 is 0. The Bertz CT molecular complexity index is 245. The van der Waals surface area contributed by atoms with E-state index in [1.54, 1.807) is 0 Å². The molecule has 1 saturated carbocycles. The van der Waals surface area contributed by atoms with Crippen molar-refractivity contribution >= 4 is 6.29 Å². The van der Waals surface area contributed by atoms with Gasteiger partial charge in [0.2, 0.25) is 0 Å². The number of rotatable bonds is 8. The maximum absolute atomic E-state index is 11.6. The first kappa shape index (κ1) is 15.6. The molecule has 1 rings (SSSR count). The summed E-state index contributed by atoms with van der Waals surface area (Å²) in [6.45, 7) is 7.15. The van der Waals surface area contributed by atoms with Crippen molar-refractivity contribution in [2.24, 2.45) is 11.3 Å². The van der Waals surface area contributed by atoms with Gasteiger partial charge < -0.3 is 14.8 Å². The molecule has 0 bridgehead atoms. The highest BCUT2D eigenvalue weighted by Gasteiger charge is 2.36. The molecule has 0 aromatic carbocycles. The molecule has 0 aromatic heterocycles. The van der Waals surface area contributed by atoms with Crippen molar-refractivity contribution in [2.75, 3.05) is 26.2 Å². The van der Waals surface area contributed by atoms with Crippen LogP contribution < -0.4 is 0 Å². The number of aldehydes is 1. The molecular formula is C15H29NO2. The molecule has 0 aromatic rings. The van der Waals surface area contributed by atoms with Crippen LogP contribution in [0.3, 0.4) is 0 Å². The summed E-state index contributed by atoms with van der Waals surface area (Å²) < 4.78 is 0. The second-order valence-electron chi connectivity index (χ2n) is 6.04. The lowest BCUT2D eigenvalue weighted by atomic mass is 9.70. The van der Waals surface area contributed by atoms with Gasteiger partial charge in [0.15, 0.2) is 0 Å². The first-order valence-corrected chi connectivity index (χ1v) is 7.45. The minimum absolute atomic E-state index is 0.152. The van der Waals surface area contributed by atoms with Crippen LogP contribution in [0.1, 0.15) is 52.4 Å². The molecule has 1 fully saturated rings. The quantitative estimate of drug-likeness (QED) is 0.677. The van der Waals surface area contributed by atoms with Crippen LogP contribution in [-0.4, -0.2) is 42.5 Å². The highest BCUT2D eigenvalue weighted by atomic mass is 16.3. The smallest absolute Gasteiger partial charge is 0.127 e. The molecule has 1 aliphatic rings. The molecule has 0 heterocycles. The Balaban J connectivity index is 2.59. The maximum Gasteiger partial charge on any atom is 0.127 e. The highest BCUT2D eigenvalue weighted by molar-refractivity contribution is 5.60. The van der Waals surface area contributed by atoms with Gasteiger partial charge in [0.25, 0.3) is 0 Å². The van der Waals surface area contributed by atoms with E-state index in [9.17, 15) is 4.79 Å². The van der Waals surface area contributed by atoms with Gasteiger partial charge in [0, 0.05) is 18.5 Å². The summed E-state index contributed by atoms with van der Waals surface area (Å²) in [6.07, 6.45) is 7.96. The molecule has 0 spiro atoms. The Morgan fingerprint density at radius 2 is 2.22 bits per heavy atom. The topological polar surface area (TPSA) is 40.5 Å². The van der Waals surface area contributed by atoms with Gasteiger partial charge in [0.1, 0.15) is 6.29 Å². The van der Waals surface area contributed by atoms with Crippen LogP contribution in [0.2, 0.25) is 0 Å². The van der Waals surface area contributed by atoms with Gasteiger partial charge in [-0.1, -0.05) is 33.1 Å². The minimum Gasteiger partial charge on any atom is -0.395 e. The lowest BCUT2D eigenvalue weighted by Gasteiger charge is -2.39. The predicted molar refractivity (Wildman–Crippen MR) is 74.6 cm³/mol. The first-order chi connectivity index (χ1) is 8.65. The Labute approximate surface area is 112 Å². The average molecular weight is 255 g/mol. The van der Waals surface area contributed by atoms with E-state index < -0.39 is 0 Å². The van der Waals surface area contributed by atoms with Gasteiger partial charge in [-0.15, -0.1) is 0 Å². The fraction of sp³-hybridized carbons (Fsp3) is 0.933. The summed E-state index contributed by atoms with van der Waals surface area (Å²) in [5, 5.41) is 9.14. The third kappa shape index (κ3) is 4.69. The standard InChI is InChI=1S/C15H29NO2/c1-3-4-8-16(9-10-17)12-15(13-18)7-5-6-14(2)11-15/h13-14,17H,3-12H2,1-2H3. The number of nitrogens with zero attached hydrogens (tertiary/aromatic N) is 1. The number of aliphatic hydroxyl groups excluding tert-OH is 1. The van der Waals surface area contributed by atoms with E-state index >= 15 is 0 Å². The summed E-state index contributed by atoms with van der Waals surface area (Å²) in [5.74, 6) is 0.658. The molecule has 106 valence electrons. The number of carbonyl (C=O) groups excluding carboxylic acids is 1. The van der Waals surface area contributed by atoms with E-state index in [0.29, 0.717) is 12.5 Å². The molecule has 1 N–H and O–H groups in total. The van der Waals surface area contributed by atoms with Crippen LogP contribution in [-0.2, 0) is 4.79 Å². The van der Waals surface area contributed by atoms with E-state index in [2.05, 4.69) is 18.7 Å². The van der Waals surface area contributed by atoms with Crippen molar-refractivity contribution in [3.8, 4) is 0 Å². The number of carbonyl (C=O) groups is 1. The SMILES string of the molecule is CCCCN(CCO)CC1(C=O)CCCC(C)C1. The Morgan fingerprint density at radius 3 is 2.78 bits per heavy atom. The molecule has 0 radical (unpaired) electrons. The van der Waals surface area contributed by atoms with Crippen molar-refractivity contribution < 1.29 is 9.90 Å². The van der Waals surface area contributed by atoms with Gasteiger partial charge in [-0.2, -0.15) is 0 Å². The van der Waals surface area contributed by atoms with Crippen LogP contribution in [0.15, 0.2) is 0 Å². The first-order valence-electron chi connectivity index (χ1n) is 7.45. The van der Waals surface area contributed by atoms with Crippen LogP contribution in [0.5, 0.6) is 0 Å². The second-order valence-corrected chi connectivity index (χ2v) is 6.04. The lowest BCUT2D eigenvalue weighted by molar-refractivity contribution is -0.120. The van der Waals surface area contributed by atoms with Crippen LogP contribution in [0, 0.1) is 11.3 Å². The monoisotopic (exact) mass is 255 g/mol. The van der Waals surface area contributed by atoms with Crippen molar-refractivity contribution in [3.63, 3.8) is 0 Å². The molecule has 3 nitrogen and oxygen atoms in total. The molecule has 0 aliphatic heterocycles. The normalized spacial score (nSPS) is 28.6. The lowest BCUT2D eigenvalue weighted by Crippen LogP contribution is -2.43. The van der Waals surface area contributed by atoms with Gasteiger partial charge in [-0.05, 0) is 31.7 Å². The van der Waals surface area contributed by atoms with E-state index in [4.69, 9.17) is 5.11 Å². The molecule has 2 atom stereocenters. The largest absolute Gasteiger partial charge is 0.395 e. The third-order valence-corrected chi connectivity index (χ3v) is 4.16. The Morgan fingerprint density at radius 1 is 1.44 bits per heavy atom. The molecular weight excluding hydrogens is 226 g/mol. The average Bonchev–Trinajstić information content (AvgIpc) is 2.36. The number of unbranched alkanes of at least 4 members (excludes halogenated alkanes) is 1. The number of hydrogen-bond acceptors (Lipinski definition) is 3. The van der Waals surface area contributed by atoms with E-state index in [-0.39, 0.29) is 12.0 Å². The number of aliphatic hydroxyl groups is 1. The van der Waals surface area contributed by atoms with Crippen molar-refractivity contribution in [3.05, 3.63) is 0 Å². The van der Waals surface area contributed by atoms with Gasteiger partial charge in [-0.3, -0.25) is 0 Å². The molecule has 1 aliphatic carbocycles. The second kappa shape index (κ2) is 7.90. The number of hydrogen-bond donors (Lipinski definition) is 1. The van der Waals surface area contributed by atoms with Gasteiger partial charge in [0.05, 0.1) is 6.61 Å². The Kier molecular flexibility index (Phi) is 6.87. The minimum atomic E-state index is -0.152. The zero-order valence-electron chi connectivity index (χ0n) is 12.0. The summed E-state index contributed by atoms with van der Waals surface area (Å²) in [7, 11) is 0. The highest BCUT2D eigenvalue weighted by Crippen LogP contribution is 2.38. The zero-order chi connectivity index (χ0) is 13.4. The third-order valence-electron chi connectivity index (χ3n) is 4.16. The van der Waals surface area contributed by atoms with E-state index in [1.165, 1.54) is 19.1 Å². The molecule has 3 heteroatoms. The summed E-state index contributed by atoms with van der Waals surface area (Å²) in [4.78, 5) is 13.8. The molecule has 2 unspecified atom stereocenters. The van der Waals surface area contributed by atoms with Crippen LogP contribution in [0.4, 0.5) is 0 Å². The Hall–Kier alpha value is -0.410. The predicted octanol–water partition coefficient (Wildman–Crippen LogP) is 2.48. The van der Waals surface area contributed by atoms with Gasteiger partial charge in [-0.25, -0.2) is 0 Å². The van der Waals surface area contributed by atoms with Gasteiger partial charge >= 0.3 is 0 Å². The van der Waals surface area contributed by atoms with E-state index in [1.807, 2.05) is 0 Å². The molecule has 0 amide bonds. The fourth-order valence-corrected chi connectivity index (χ4v) is 3.23. The fourth-order valence-electron chi connectivity index (χ4n) is 3.23. The zero-order valence-corrected chi connectivity index (χ0v) is 12.0. The maximum atomic E-state index is 11.6. The van der Waals surface area contributed by atoms with Crippen LogP contribution >= 0.6 is 0 Å². The summed E-state index contributed by atoms with van der Waals surface area (Å²) in [5.41, 5.74) is -0.152. The van der Waals surface area contributed by atoms with E-state index in [0.717, 1.165) is 38.8 Å². The summed E-state index contributed by atoms with van der Waals surface area (Å²) in [6, 6.07) is 0. The van der Waals surface area contributed by atoms with Crippen molar-refractivity contribution in [1.82, 2.24) is 4.90 Å². The molecule has 18 heavy (non-hydrogen) atoms. The van der Waals surface area contributed by atoms with Crippen molar-refractivity contribution in [1.29, 1.82) is 0 Å².